The number of aromatic nitrogens is 4. The van der Waals surface area contributed by atoms with Crippen molar-refractivity contribution < 1.29 is 27.5 Å². The molecule has 0 aromatic carbocycles. The standard InChI is InChI=1S/C13H16N6O7S/c1-6-9(11(21)26-4)10(19(2)17-6)27(23,24)18-13(22)16-12-14-7(20)5-8(15-12)25-3/h5H,1-4H3,(H3,14,15,16,18,20,22). The summed E-state index contributed by atoms with van der Waals surface area (Å²) in [6.45, 7) is 1.41. The van der Waals surface area contributed by atoms with E-state index in [1.165, 1.54) is 21.1 Å². The lowest BCUT2D eigenvalue weighted by molar-refractivity contribution is 0.0595. The predicted octanol–water partition coefficient (Wildman–Crippen LogP) is -0.883. The lowest BCUT2D eigenvalue weighted by Crippen LogP contribution is -2.37. The first-order valence-corrected chi connectivity index (χ1v) is 8.68. The highest BCUT2D eigenvalue weighted by Gasteiger charge is 2.32. The summed E-state index contributed by atoms with van der Waals surface area (Å²) in [5.41, 5.74) is -0.840. The number of amides is 2. The average Bonchev–Trinajstić information content (AvgIpc) is 2.87. The van der Waals surface area contributed by atoms with Gasteiger partial charge in [-0.3, -0.25) is 19.8 Å². The Kier molecular flexibility index (Phi) is 5.49. The van der Waals surface area contributed by atoms with Crippen molar-refractivity contribution in [3.05, 3.63) is 27.7 Å². The number of carbonyl (C=O) groups is 2. The van der Waals surface area contributed by atoms with Crippen molar-refractivity contribution in [2.24, 2.45) is 7.05 Å². The van der Waals surface area contributed by atoms with Gasteiger partial charge < -0.3 is 9.47 Å². The van der Waals surface area contributed by atoms with Crippen LogP contribution in [0.2, 0.25) is 0 Å². The van der Waals surface area contributed by atoms with Gasteiger partial charge in [0.1, 0.15) is 5.56 Å². The topological polar surface area (TPSA) is 174 Å². The molecule has 2 aromatic heterocycles. The van der Waals surface area contributed by atoms with Crippen molar-refractivity contribution >= 4 is 28.0 Å². The Morgan fingerprint density at radius 1 is 1.30 bits per heavy atom. The summed E-state index contributed by atoms with van der Waals surface area (Å²) in [6, 6.07) is -0.206. The van der Waals surface area contributed by atoms with Crippen LogP contribution in [0.5, 0.6) is 5.88 Å². The molecule has 3 N–H and O–H groups in total. The van der Waals surface area contributed by atoms with E-state index in [-0.39, 0.29) is 23.1 Å². The predicted molar refractivity (Wildman–Crippen MR) is 90.0 cm³/mol. The molecule has 0 aliphatic carbocycles. The molecule has 2 heterocycles. The molecule has 2 rings (SSSR count). The van der Waals surface area contributed by atoms with Crippen LogP contribution in [0.3, 0.4) is 0 Å². The van der Waals surface area contributed by atoms with Gasteiger partial charge in [0.25, 0.3) is 15.6 Å². The van der Waals surface area contributed by atoms with Crippen LogP contribution in [0.15, 0.2) is 15.9 Å². The minimum Gasteiger partial charge on any atom is -0.481 e. The summed E-state index contributed by atoms with van der Waals surface area (Å²) >= 11 is 0. The van der Waals surface area contributed by atoms with Crippen LogP contribution < -0.4 is 20.3 Å². The SMILES string of the molecule is COC(=O)c1c(C)nn(C)c1S(=O)(=O)NC(=O)Nc1nc(OC)cc(=O)[nH]1. The Morgan fingerprint density at radius 3 is 2.56 bits per heavy atom. The normalized spacial score (nSPS) is 11.0. The van der Waals surface area contributed by atoms with Crippen molar-refractivity contribution in [2.75, 3.05) is 19.5 Å². The minimum absolute atomic E-state index is 0.0906. The number of anilines is 1. The second kappa shape index (κ2) is 7.45. The van der Waals surface area contributed by atoms with Crippen molar-refractivity contribution in [3.8, 4) is 5.88 Å². The number of hydrogen-bond acceptors (Lipinski definition) is 9. The number of rotatable bonds is 5. The first-order valence-electron chi connectivity index (χ1n) is 7.20. The summed E-state index contributed by atoms with van der Waals surface area (Å²) in [7, 11) is -0.891. The van der Waals surface area contributed by atoms with Crippen LogP contribution >= 0.6 is 0 Å². The first-order chi connectivity index (χ1) is 12.6. The molecule has 2 amide bonds. The maximum Gasteiger partial charge on any atom is 0.342 e. The number of H-pyrrole nitrogens is 1. The van der Waals surface area contributed by atoms with E-state index in [9.17, 15) is 22.8 Å². The van der Waals surface area contributed by atoms with Crippen molar-refractivity contribution in [2.45, 2.75) is 11.9 Å². The summed E-state index contributed by atoms with van der Waals surface area (Å²) in [5, 5.41) is 5.35. The minimum atomic E-state index is -4.51. The van der Waals surface area contributed by atoms with E-state index in [0.717, 1.165) is 17.9 Å². The molecule has 0 saturated carbocycles. The van der Waals surface area contributed by atoms with E-state index in [1.54, 1.807) is 4.72 Å². The Labute approximate surface area is 152 Å². The molecular weight excluding hydrogens is 384 g/mol. The van der Waals surface area contributed by atoms with Crippen LogP contribution in [0.25, 0.3) is 0 Å². The van der Waals surface area contributed by atoms with E-state index < -0.39 is 32.6 Å². The van der Waals surface area contributed by atoms with Gasteiger partial charge in [0, 0.05) is 7.05 Å². The quantitative estimate of drug-likeness (QED) is 0.538. The molecule has 0 radical (unpaired) electrons. The van der Waals surface area contributed by atoms with Crippen molar-refractivity contribution in [3.63, 3.8) is 0 Å². The lowest BCUT2D eigenvalue weighted by atomic mass is 10.3. The van der Waals surface area contributed by atoms with Crippen molar-refractivity contribution in [1.82, 2.24) is 24.5 Å². The second-order valence-electron chi connectivity index (χ2n) is 5.08. The van der Waals surface area contributed by atoms with Gasteiger partial charge in [-0.2, -0.15) is 18.5 Å². The number of aromatic amines is 1. The molecule has 2 aromatic rings. The van der Waals surface area contributed by atoms with Gasteiger partial charge in [0.2, 0.25) is 11.8 Å². The fraction of sp³-hybridized carbons (Fsp3) is 0.308. The van der Waals surface area contributed by atoms with E-state index in [0.29, 0.717) is 0 Å². The lowest BCUT2D eigenvalue weighted by Gasteiger charge is -2.10. The number of esters is 1. The first kappa shape index (κ1) is 19.9. The molecule has 0 spiro atoms. The Bertz CT molecular complexity index is 1060. The summed E-state index contributed by atoms with van der Waals surface area (Å²) in [4.78, 5) is 41.3. The maximum atomic E-state index is 12.5. The Morgan fingerprint density at radius 2 is 1.96 bits per heavy atom. The zero-order chi connectivity index (χ0) is 20.4. The molecule has 0 atom stereocenters. The molecule has 0 aliphatic heterocycles. The number of nitrogens with one attached hydrogen (secondary N) is 3. The van der Waals surface area contributed by atoms with Crippen LogP contribution in [0, 0.1) is 6.92 Å². The van der Waals surface area contributed by atoms with Crippen molar-refractivity contribution in [1.29, 1.82) is 0 Å². The highest BCUT2D eigenvalue weighted by atomic mass is 32.2. The van der Waals surface area contributed by atoms with Gasteiger partial charge in [0.05, 0.1) is 26.0 Å². The highest BCUT2D eigenvalue weighted by molar-refractivity contribution is 7.90. The third kappa shape index (κ3) is 4.22. The number of sulfonamides is 1. The Balaban J connectivity index is 2.32. The molecular formula is C13H16N6O7S. The van der Waals surface area contributed by atoms with E-state index in [4.69, 9.17) is 4.74 Å². The summed E-state index contributed by atoms with van der Waals surface area (Å²) in [5.74, 6) is -1.37. The highest BCUT2D eigenvalue weighted by Crippen LogP contribution is 2.19. The van der Waals surface area contributed by atoms with Gasteiger partial charge in [-0.05, 0) is 6.92 Å². The molecule has 146 valence electrons. The van der Waals surface area contributed by atoms with Gasteiger partial charge in [0.15, 0.2) is 5.03 Å². The Hall–Kier alpha value is -3.42. The fourth-order valence-electron chi connectivity index (χ4n) is 2.18. The number of aryl methyl sites for hydroxylation is 2. The molecule has 14 heteroatoms. The van der Waals surface area contributed by atoms with E-state index >= 15 is 0 Å². The molecule has 0 aliphatic rings. The van der Waals surface area contributed by atoms with Crippen LogP contribution in [-0.4, -0.2) is 54.4 Å². The fourth-order valence-corrected chi connectivity index (χ4v) is 3.47. The number of carbonyl (C=O) groups excluding carboxylic acids is 2. The van der Waals surface area contributed by atoms with E-state index in [1.807, 2.05) is 0 Å². The zero-order valence-corrected chi connectivity index (χ0v) is 15.5. The van der Waals surface area contributed by atoms with Gasteiger partial charge in [-0.15, -0.1) is 0 Å². The van der Waals surface area contributed by atoms with E-state index in [2.05, 4.69) is 25.1 Å². The smallest absolute Gasteiger partial charge is 0.342 e. The van der Waals surface area contributed by atoms with Crippen LogP contribution in [0.1, 0.15) is 16.1 Å². The molecule has 0 unspecified atom stereocenters. The third-order valence-electron chi connectivity index (χ3n) is 3.20. The van der Waals surface area contributed by atoms with Gasteiger partial charge >= 0.3 is 12.0 Å². The largest absolute Gasteiger partial charge is 0.481 e. The molecule has 0 saturated heterocycles. The summed E-state index contributed by atoms with van der Waals surface area (Å²) < 4.78 is 37.0. The maximum absolute atomic E-state index is 12.5. The zero-order valence-electron chi connectivity index (χ0n) is 14.7. The van der Waals surface area contributed by atoms with Crippen LogP contribution in [-0.2, 0) is 21.8 Å². The molecule has 0 fully saturated rings. The third-order valence-corrected chi connectivity index (χ3v) is 4.63. The monoisotopic (exact) mass is 400 g/mol. The number of nitrogens with zero attached hydrogens (tertiary/aromatic N) is 3. The molecule has 27 heavy (non-hydrogen) atoms. The van der Waals surface area contributed by atoms with Gasteiger partial charge in [-0.1, -0.05) is 0 Å². The number of methoxy groups -OCH3 is 2. The second-order valence-corrected chi connectivity index (χ2v) is 6.67. The molecule has 0 bridgehead atoms. The average molecular weight is 400 g/mol. The number of urea groups is 1. The molecule has 13 nitrogen and oxygen atoms in total. The number of hydrogen-bond donors (Lipinski definition) is 3. The van der Waals surface area contributed by atoms with Gasteiger partial charge in [-0.25, -0.2) is 14.3 Å². The summed E-state index contributed by atoms with van der Waals surface area (Å²) in [6.07, 6.45) is 0. The van der Waals surface area contributed by atoms with Crippen LogP contribution in [0.4, 0.5) is 10.7 Å². The number of ether oxygens (including phenoxy) is 2.